The van der Waals surface area contributed by atoms with E-state index in [1.165, 1.54) is 16.7 Å². The third-order valence-electron chi connectivity index (χ3n) is 7.35. The number of benzene rings is 2. The summed E-state index contributed by atoms with van der Waals surface area (Å²) in [5, 5.41) is 4.07. The number of oxazole rings is 1. The first-order valence-electron chi connectivity index (χ1n) is 14.1. The molecule has 0 saturated carbocycles. The van der Waals surface area contributed by atoms with Crippen LogP contribution in [0.15, 0.2) is 46.0 Å². The minimum absolute atomic E-state index is 0.0919. The highest BCUT2D eigenvalue weighted by molar-refractivity contribution is 7.99. The number of para-hydroxylation sites is 2. The van der Waals surface area contributed by atoms with Crippen molar-refractivity contribution in [3.05, 3.63) is 53.1 Å². The largest absolute Gasteiger partial charge is 0.431 e. The smallest absolute Gasteiger partial charge is 0.256 e. The van der Waals surface area contributed by atoms with Crippen molar-refractivity contribution in [1.82, 2.24) is 14.8 Å². The number of anilines is 1. The highest BCUT2D eigenvalue weighted by Gasteiger charge is 2.22. The predicted molar refractivity (Wildman–Crippen MR) is 160 cm³/mol. The number of nitrogens with one attached hydrogen (secondary N) is 1. The van der Waals surface area contributed by atoms with Gasteiger partial charge in [-0.15, -0.1) is 0 Å². The van der Waals surface area contributed by atoms with Gasteiger partial charge < -0.3 is 14.6 Å². The van der Waals surface area contributed by atoms with E-state index in [0.29, 0.717) is 24.3 Å². The van der Waals surface area contributed by atoms with Gasteiger partial charge in [-0.05, 0) is 59.5 Å². The molecule has 4 rings (SSSR count). The van der Waals surface area contributed by atoms with Gasteiger partial charge in [-0.25, -0.2) is 4.98 Å². The van der Waals surface area contributed by atoms with Crippen molar-refractivity contribution in [2.75, 3.05) is 50.3 Å². The van der Waals surface area contributed by atoms with Crippen LogP contribution >= 0.6 is 11.8 Å². The molecule has 2 heterocycles. The number of thioether (sulfide) groups is 1. The van der Waals surface area contributed by atoms with E-state index in [4.69, 9.17) is 4.42 Å². The fourth-order valence-corrected chi connectivity index (χ4v) is 5.77. The van der Waals surface area contributed by atoms with Crippen molar-refractivity contribution >= 4 is 34.5 Å². The fraction of sp³-hybridized carbons (Fsp3) is 0.548. The molecule has 0 atom stereocenters. The van der Waals surface area contributed by atoms with E-state index in [1.54, 1.807) is 11.8 Å². The summed E-state index contributed by atoms with van der Waals surface area (Å²) in [7, 11) is 0. The summed E-state index contributed by atoms with van der Waals surface area (Å²) in [5.41, 5.74) is 6.63. The van der Waals surface area contributed by atoms with E-state index < -0.39 is 0 Å². The Morgan fingerprint density at radius 2 is 1.58 bits per heavy atom. The second-order valence-electron chi connectivity index (χ2n) is 11.4. The second kappa shape index (κ2) is 13.1. The molecule has 206 valence electrons. The minimum atomic E-state index is 0.0919. The van der Waals surface area contributed by atoms with Crippen LogP contribution in [-0.4, -0.2) is 65.7 Å². The number of carbonyl (C=O) groups excluding carboxylic acids is 1. The third-order valence-corrected chi connectivity index (χ3v) is 8.26. The first-order chi connectivity index (χ1) is 18.2. The van der Waals surface area contributed by atoms with Crippen LogP contribution in [-0.2, 0) is 4.79 Å². The highest BCUT2D eigenvalue weighted by Crippen LogP contribution is 2.36. The van der Waals surface area contributed by atoms with Gasteiger partial charge in [0, 0.05) is 37.6 Å². The average molecular weight is 537 g/mol. The maximum atomic E-state index is 13.2. The van der Waals surface area contributed by atoms with Crippen LogP contribution in [0.5, 0.6) is 0 Å². The third kappa shape index (κ3) is 7.39. The van der Waals surface area contributed by atoms with E-state index in [2.05, 4.69) is 73.8 Å². The molecule has 1 aliphatic heterocycles. The lowest BCUT2D eigenvalue weighted by Gasteiger charge is -2.34. The van der Waals surface area contributed by atoms with Gasteiger partial charge in [0.1, 0.15) is 5.52 Å². The van der Waals surface area contributed by atoms with Crippen molar-refractivity contribution in [3.63, 3.8) is 0 Å². The quantitative estimate of drug-likeness (QED) is 0.212. The standard InChI is InChI=1S/C31H44N4O2S/c1-21(2)24-18-25(22(3)4)30(26(19-24)23(5)6)33-29(36)20-35-15-13-34(14-16-35)12-9-17-38-31-32-27-10-7-8-11-28(27)37-31/h7-8,10-11,18-19,21-23H,9,12-17,20H2,1-6H3,(H,33,36). The van der Waals surface area contributed by atoms with Crippen LogP contribution in [0.4, 0.5) is 5.69 Å². The molecular weight excluding hydrogens is 492 g/mol. The normalized spacial score (nSPS) is 15.3. The number of nitrogens with zero attached hydrogens (tertiary/aromatic N) is 3. The molecule has 1 N–H and O–H groups in total. The Hall–Kier alpha value is -2.35. The molecule has 0 spiro atoms. The molecule has 0 unspecified atom stereocenters. The number of aromatic nitrogens is 1. The molecule has 0 radical (unpaired) electrons. The molecule has 38 heavy (non-hydrogen) atoms. The number of rotatable bonds is 11. The monoisotopic (exact) mass is 536 g/mol. The number of hydrogen-bond acceptors (Lipinski definition) is 6. The Labute approximate surface area is 232 Å². The Balaban J connectivity index is 1.24. The lowest BCUT2D eigenvalue weighted by molar-refractivity contribution is -0.117. The van der Waals surface area contributed by atoms with Gasteiger partial charge in [0.15, 0.2) is 5.58 Å². The minimum Gasteiger partial charge on any atom is -0.431 e. The number of amides is 1. The number of piperazine rings is 1. The van der Waals surface area contributed by atoms with Crippen molar-refractivity contribution in [2.24, 2.45) is 0 Å². The van der Waals surface area contributed by atoms with Gasteiger partial charge in [0.25, 0.3) is 5.22 Å². The van der Waals surface area contributed by atoms with Crippen LogP contribution in [0.1, 0.15) is 82.4 Å². The first kappa shape index (κ1) is 28.7. The SMILES string of the molecule is CC(C)c1cc(C(C)C)c(NC(=O)CN2CCN(CCCSc3nc4ccccc4o3)CC2)c(C(C)C)c1. The Kier molecular flexibility index (Phi) is 9.91. The van der Waals surface area contributed by atoms with Crippen LogP contribution in [0.2, 0.25) is 0 Å². The number of fused-ring (bicyclic) bond motifs is 1. The van der Waals surface area contributed by atoms with Gasteiger partial charge >= 0.3 is 0 Å². The topological polar surface area (TPSA) is 61.6 Å². The van der Waals surface area contributed by atoms with E-state index in [9.17, 15) is 4.79 Å². The molecule has 0 aliphatic carbocycles. The zero-order valence-electron chi connectivity index (χ0n) is 23.9. The molecule has 7 heteroatoms. The molecule has 1 amide bonds. The van der Waals surface area contributed by atoms with E-state index in [-0.39, 0.29) is 5.91 Å². The van der Waals surface area contributed by atoms with E-state index in [1.807, 2.05) is 24.3 Å². The molecule has 1 saturated heterocycles. The van der Waals surface area contributed by atoms with Crippen molar-refractivity contribution in [2.45, 2.75) is 70.9 Å². The highest BCUT2D eigenvalue weighted by atomic mass is 32.2. The second-order valence-corrected chi connectivity index (χ2v) is 12.4. The summed E-state index contributed by atoms with van der Waals surface area (Å²) in [6.45, 7) is 18.7. The zero-order valence-corrected chi connectivity index (χ0v) is 24.7. The van der Waals surface area contributed by atoms with Gasteiger partial charge in [-0.2, -0.15) is 0 Å². The van der Waals surface area contributed by atoms with Crippen LogP contribution in [0.25, 0.3) is 11.1 Å². The maximum Gasteiger partial charge on any atom is 0.256 e. The van der Waals surface area contributed by atoms with E-state index in [0.717, 1.165) is 66.9 Å². The van der Waals surface area contributed by atoms with Crippen LogP contribution < -0.4 is 5.32 Å². The molecule has 2 aromatic carbocycles. The summed E-state index contributed by atoms with van der Waals surface area (Å²) < 4.78 is 5.80. The molecule has 3 aromatic rings. The van der Waals surface area contributed by atoms with Crippen molar-refractivity contribution in [1.29, 1.82) is 0 Å². The number of carbonyl (C=O) groups is 1. The summed E-state index contributed by atoms with van der Waals surface area (Å²) in [6.07, 6.45) is 1.09. The molecule has 6 nitrogen and oxygen atoms in total. The van der Waals surface area contributed by atoms with Crippen LogP contribution in [0, 0.1) is 0 Å². The van der Waals surface area contributed by atoms with Crippen molar-refractivity contribution < 1.29 is 9.21 Å². The lowest BCUT2D eigenvalue weighted by atomic mass is 9.87. The van der Waals surface area contributed by atoms with Gasteiger partial charge in [-0.3, -0.25) is 9.69 Å². The Bertz CT molecular complexity index is 1150. The van der Waals surface area contributed by atoms with Gasteiger partial charge in [-0.1, -0.05) is 77.6 Å². The fourth-order valence-electron chi connectivity index (χ4n) is 5.01. The zero-order chi connectivity index (χ0) is 27.2. The Morgan fingerprint density at radius 3 is 2.18 bits per heavy atom. The number of hydrogen-bond donors (Lipinski definition) is 1. The molecule has 1 aliphatic rings. The van der Waals surface area contributed by atoms with E-state index >= 15 is 0 Å². The lowest BCUT2D eigenvalue weighted by Crippen LogP contribution is -2.48. The van der Waals surface area contributed by atoms with Gasteiger partial charge in [0.05, 0.1) is 6.54 Å². The predicted octanol–water partition coefficient (Wildman–Crippen LogP) is 6.94. The Morgan fingerprint density at radius 1 is 0.947 bits per heavy atom. The molecule has 0 bridgehead atoms. The summed E-state index contributed by atoms with van der Waals surface area (Å²) in [5.74, 6) is 2.25. The molecule has 1 fully saturated rings. The van der Waals surface area contributed by atoms with Crippen molar-refractivity contribution in [3.8, 4) is 0 Å². The van der Waals surface area contributed by atoms with Gasteiger partial charge in [0.2, 0.25) is 5.91 Å². The molecule has 1 aromatic heterocycles. The van der Waals surface area contributed by atoms with Crippen LogP contribution in [0.3, 0.4) is 0 Å². The summed E-state index contributed by atoms with van der Waals surface area (Å²) in [4.78, 5) is 22.5. The first-order valence-corrected chi connectivity index (χ1v) is 15.1. The average Bonchev–Trinajstić information content (AvgIpc) is 3.30. The summed E-state index contributed by atoms with van der Waals surface area (Å²) in [6, 6.07) is 12.5. The summed E-state index contributed by atoms with van der Waals surface area (Å²) >= 11 is 1.69. The molecular formula is C31H44N4O2S. The maximum absolute atomic E-state index is 13.2.